The van der Waals surface area contributed by atoms with Crippen LogP contribution in [0.2, 0.25) is 5.02 Å². The summed E-state index contributed by atoms with van der Waals surface area (Å²) in [5.74, 6) is -0.511. The number of piperidine rings is 1. The maximum Gasteiger partial charge on any atom is 0.253 e. The van der Waals surface area contributed by atoms with Crippen LogP contribution in [0.5, 0.6) is 0 Å². The van der Waals surface area contributed by atoms with Crippen molar-refractivity contribution >= 4 is 41.5 Å². The van der Waals surface area contributed by atoms with E-state index in [1.165, 1.54) is 6.07 Å². The standard InChI is InChI=1S/C12H14ClN3O2.ClH/c13-9-6-7(14)3-4-8(9)11(17)16-10-2-1-5-15-12(10)18;/h3-4,6,10H,1-2,5,14H2,(H,15,18)(H,16,17);1H. The summed E-state index contributed by atoms with van der Waals surface area (Å²) in [5, 5.41) is 5.66. The van der Waals surface area contributed by atoms with Gasteiger partial charge in [-0.1, -0.05) is 11.6 Å². The molecule has 1 aromatic carbocycles. The van der Waals surface area contributed by atoms with Gasteiger partial charge in [-0.25, -0.2) is 0 Å². The molecular formula is C12H15Cl2N3O2. The first-order valence-electron chi connectivity index (χ1n) is 5.71. The van der Waals surface area contributed by atoms with Gasteiger partial charge in [-0.15, -0.1) is 12.4 Å². The predicted octanol–water partition coefficient (Wildman–Crippen LogP) is 1.35. The topological polar surface area (TPSA) is 84.2 Å². The van der Waals surface area contributed by atoms with Crippen molar-refractivity contribution < 1.29 is 9.59 Å². The highest BCUT2D eigenvalue weighted by Crippen LogP contribution is 2.19. The Morgan fingerprint density at radius 3 is 2.84 bits per heavy atom. The number of hydrogen-bond acceptors (Lipinski definition) is 3. The summed E-state index contributed by atoms with van der Waals surface area (Å²) in [7, 11) is 0. The molecule has 0 saturated carbocycles. The molecule has 1 aliphatic rings. The van der Waals surface area contributed by atoms with Crippen molar-refractivity contribution in [2.24, 2.45) is 0 Å². The van der Waals surface area contributed by atoms with E-state index in [0.29, 0.717) is 24.2 Å². The van der Waals surface area contributed by atoms with Crippen LogP contribution in [-0.4, -0.2) is 24.4 Å². The minimum Gasteiger partial charge on any atom is -0.399 e. The molecule has 104 valence electrons. The monoisotopic (exact) mass is 303 g/mol. The van der Waals surface area contributed by atoms with Gasteiger partial charge in [-0.3, -0.25) is 9.59 Å². The highest BCUT2D eigenvalue weighted by Gasteiger charge is 2.24. The van der Waals surface area contributed by atoms with Crippen LogP contribution in [0, 0.1) is 0 Å². The first-order valence-corrected chi connectivity index (χ1v) is 6.09. The molecule has 2 amide bonds. The maximum atomic E-state index is 12.0. The van der Waals surface area contributed by atoms with Gasteiger partial charge in [0.05, 0.1) is 10.6 Å². The van der Waals surface area contributed by atoms with Crippen molar-refractivity contribution in [3.63, 3.8) is 0 Å². The molecule has 1 saturated heterocycles. The molecule has 0 aliphatic carbocycles. The fourth-order valence-electron chi connectivity index (χ4n) is 1.86. The average Bonchev–Trinajstić information content (AvgIpc) is 2.32. The molecule has 0 spiro atoms. The number of halogens is 2. The molecule has 2 rings (SSSR count). The van der Waals surface area contributed by atoms with Gasteiger partial charge in [0, 0.05) is 12.2 Å². The Bertz CT molecular complexity index is 494. The third-order valence-corrected chi connectivity index (χ3v) is 3.14. The Hall–Kier alpha value is -1.46. The summed E-state index contributed by atoms with van der Waals surface area (Å²) in [5.41, 5.74) is 6.37. The largest absolute Gasteiger partial charge is 0.399 e. The van der Waals surface area contributed by atoms with Crippen LogP contribution in [0.4, 0.5) is 5.69 Å². The van der Waals surface area contributed by atoms with E-state index in [2.05, 4.69) is 10.6 Å². The minimum absolute atomic E-state index is 0. The number of hydrogen-bond donors (Lipinski definition) is 3. The van der Waals surface area contributed by atoms with E-state index in [-0.39, 0.29) is 29.2 Å². The highest BCUT2D eigenvalue weighted by molar-refractivity contribution is 6.34. The number of nitrogens with one attached hydrogen (secondary N) is 2. The fraction of sp³-hybridized carbons (Fsp3) is 0.333. The summed E-state index contributed by atoms with van der Waals surface area (Å²) >= 11 is 5.94. The quantitative estimate of drug-likeness (QED) is 0.721. The van der Waals surface area contributed by atoms with Crippen molar-refractivity contribution in [3.8, 4) is 0 Å². The molecule has 1 unspecified atom stereocenters. The second kappa shape index (κ2) is 6.63. The second-order valence-corrected chi connectivity index (χ2v) is 4.61. The van der Waals surface area contributed by atoms with E-state index in [4.69, 9.17) is 17.3 Å². The Kier molecular flexibility index (Phi) is 5.44. The highest BCUT2D eigenvalue weighted by atomic mass is 35.5. The lowest BCUT2D eigenvalue weighted by Crippen LogP contribution is -2.50. The van der Waals surface area contributed by atoms with Gasteiger partial charge in [0.1, 0.15) is 6.04 Å². The number of anilines is 1. The summed E-state index contributed by atoms with van der Waals surface area (Å²) in [6.45, 7) is 0.661. The zero-order chi connectivity index (χ0) is 13.1. The number of nitrogen functional groups attached to an aromatic ring is 1. The predicted molar refractivity (Wildman–Crippen MR) is 76.6 cm³/mol. The van der Waals surface area contributed by atoms with Gasteiger partial charge < -0.3 is 16.4 Å². The molecule has 1 atom stereocenters. The third kappa shape index (κ3) is 3.75. The summed E-state index contributed by atoms with van der Waals surface area (Å²) < 4.78 is 0. The Balaban J connectivity index is 0.00000180. The molecule has 1 fully saturated rings. The van der Waals surface area contributed by atoms with Crippen LogP contribution in [0.3, 0.4) is 0 Å². The van der Waals surface area contributed by atoms with Gasteiger partial charge in [0.15, 0.2) is 0 Å². The molecule has 0 aromatic heterocycles. The lowest BCUT2D eigenvalue weighted by Gasteiger charge is -2.22. The first kappa shape index (κ1) is 15.6. The molecular weight excluding hydrogens is 289 g/mol. The van der Waals surface area contributed by atoms with Crippen molar-refractivity contribution in [1.82, 2.24) is 10.6 Å². The summed E-state index contributed by atoms with van der Waals surface area (Å²) in [6.07, 6.45) is 1.50. The van der Waals surface area contributed by atoms with Gasteiger partial charge in [0.25, 0.3) is 5.91 Å². The van der Waals surface area contributed by atoms with Crippen LogP contribution >= 0.6 is 24.0 Å². The molecule has 1 aliphatic heterocycles. The van der Waals surface area contributed by atoms with E-state index in [1.807, 2.05) is 0 Å². The molecule has 19 heavy (non-hydrogen) atoms. The number of amides is 2. The SMILES string of the molecule is Cl.Nc1ccc(C(=O)NC2CCCNC2=O)c(Cl)c1. The molecule has 5 nitrogen and oxygen atoms in total. The number of rotatable bonds is 2. The molecule has 1 aromatic rings. The van der Waals surface area contributed by atoms with E-state index >= 15 is 0 Å². The molecule has 7 heteroatoms. The number of benzene rings is 1. The second-order valence-electron chi connectivity index (χ2n) is 4.20. The van der Waals surface area contributed by atoms with Crippen molar-refractivity contribution in [2.75, 3.05) is 12.3 Å². The zero-order valence-corrected chi connectivity index (χ0v) is 11.7. The summed E-state index contributed by atoms with van der Waals surface area (Å²) in [6, 6.07) is 4.17. The minimum atomic E-state index is -0.486. The Morgan fingerprint density at radius 2 is 2.21 bits per heavy atom. The molecule has 4 N–H and O–H groups in total. The Labute approximate surface area is 122 Å². The molecule has 1 heterocycles. The van der Waals surface area contributed by atoms with Crippen molar-refractivity contribution in [2.45, 2.75) is 18.9 Å². The number of carbonyl (C=O) groups is 2. The lowest BCUT2D eigenvalue weighted by atomic mass is 10.1. The van der Waals surface area contributed by atoms with Crippen molar-refractivity contribution in [1.29, 1.82) is 0 Å². The molecule has 0 bridgehead atoms. The Morgan fingerprint density at radius 1 is 1.47 bits per heavy atom. The van der Waals surface area contributed by atoms with Gasteiger partial charge in [-0.2, -0.15) is 0 Å². The normalized spacial score (nSPS) is 18.2. The summed E-state index contributed by atoms with van der Waals surface area (Å²) in [4.78, 5) is 23.5. The van der Waals surface area contributed by atoms with E-state index in [9.17, 15) is 9.59 Å². The number of nitrogens with two attached hydrogens (primary N) is 1. The number of carbonyl (C=O) groups excluding carboxylic acids is 2. The van der Waals surface area contributed by atoms with E-state index in [0.717, 1.165) is 6.42 Å². The van der Waals surface area contributed by atoms with E-state index < -0.39 is 6.04 Å². The van der Waals surface area contributed by atoms with E-state index in [1.54, 1.807) is 12.1 Å². The van der Waals surface area contributed by atoms with Crippen molar-refractivity contribution in [3.05, 3.63) is 28.8 Å². The van der Waals surface area contributed by atoms with Crippen LogP contribution in [0.1, 0.15) is 23.2 Å². The maximum absolute atomic E-state index is 12.0. The smallest absolute Gasteiger partial charge is 0.253 e. The molecule has 0 radical (unpaired) electrons. The third-order valence-electron chi connectivity index (χ3n) is 2.83. The average molecular weight is 304 g/mol. The van der Waals surface area contributed by atoms with Gasteiger partial charge in [-0.05, 0) is 31.0 Å². The van der Waals surface area contributed by atoms with Crippen LogP contribution < -0.4 is 16.4 Å². The van der Waals surface area contributed by atoms with Gasteiger partial charge >= 0.3 is 0 Å². The zero-order valence-electron chi connectivity index (χ0n) is 10.1. The van der Waals surface area contributed by atoms with Crippen LogP contribution in [0.25, 0.3) is 0 Å². The first-order chi connectivity index (χ1) is 8.58. The lowest BCUT2D eigenvalue weighted by molar-refractivity contribution is -0.124. The fourth-order valence-corrected chi connectivity index (χ4v) is 2.14. The van der Waals surface area contributed by atoms with Crippen LogP contribution in [0.15, 0.2) is 18.2 Å². The van der Waals surface area contributed by atoms with Crippen LogP contribution in [-0.2, 0) is 4.79 Å². The van der Waals surface area contributed by atoms with Gasteiger partial charge in [0.2, 0.25) is 5.91 Å².